The van der Waals surface area contributed by atoms with Crippen molar-refractivity contribution in [3.05, 3.63) is 0 Å². The van der Waals surface area contributed by atoms with Crippen molar-refractivity contribution >= 4 is 0 Å². The molecule has 84 valence electrons. The molecular weight excluding hydrogens is 170 g/mol. The third-order valence-corrected chi connectivity index (χ3v) is 3.68. The predicted octanol–water partition coefficient (Wildman–Crippen LogP) is 3.45. The second-order valence-electron chi connectivity index (χ2n) is 6.97. The average molecular weight is 197 g/mol. The Morgan fingerprint density at radius 1 is 0.857 bits per heavy atom. The molecule has 1 aliphatic heterocycles. The predicted molar refractivity (Wildman–Crippen MR) is 63.4 cm³/mol. The highest BCUT2D eigenvalue weighted by molar-refractivity contribution is 4.89. The second-order valence-corrected chi connectivity index (χ2v) is 6.97. The van der Waals surface area contributed by atoms with Crippen LogP contribution in [0.1, 0.15) is 54.4 Å². The van der Waals surface area contributed by atoms with Crippen molar-refractivity contribution < 1.29 is 0 Å². The Morgan fingerprint density at radius 2 is 1.43 bits per heavy atom. The molecule has 0 aromatic rings. The molecule has 0 spiro atoms. The fourth-order valence-electron chi connectivity index (χ4n) is 2.33. The molecule has 0 aromatic heterocycles. The van der Waals surface area contributed by atoms with Gasteiger partial charge in [-0.1, -0.05) is 41.5 Å². The van der Waals surface area contributed by atoms with Crippen molar-refractivity contribution in [1.82, 2.24) is 5.32 Å². The quantitative estimate of drug-likeness (QED) is 0.627. The van der Waals surface area contributed by atoms with E-state index in [1.54, 1.807) is 0 Å². The van der Waals surface area contributed by atoms with Gasteiger partial charge in [0.2, 0.25) is 0 Å². The van der Waals surface area contributed by atoms with Gasteiger partial charge in [-0.2, -0.15) is 0 Å². The first-order chi connectivity index (χ1) is 6.21. The van der Waals surface area contributed by atoms with Crippen molar-refractivity contribution in [3.63, 3.8) is 0 Å². The first-order valence-corrected chi connectivity index (χ1v) is 5.94. The van der Waals surface area contributed by atoms with E-state index in [0.717, 1.165) is 5.92 Å². The molecule has 1 nitrogen and oxygen atoms in total. The van der Waals surface area contributed by atoms with Crippen LogP contribution in [0, 0.1) is 16.7 Å². The Kier molecular flexibility index (Phi) is 3.30. The Hall–Kier alpha value is -0.0400. The minimum atomic E-state index is 0.419. The highest BCUT2D eigenvalue weighted by Crippen LogP contribution is 2.35. The summed E-state index contributed by atoms with van der Waals surface area (Å²) in [4.78, 5) is 0. The standard InChI is InChI=1S/C13H27N/c1-12(2,3)10-7-8-11(14-9-10)13(4,5)6/h10-11,14H,7-9H2,1-6H3. The number of hydrogen-bond donors (Lipinski definition) is 1. The summed E-state index contributed by atoms with van der Waals surface area (Å²) >= 11 is 0. The average Bonchev–Trinajstić information content (AvgIpc) is 2.01. The molecule has 0 amide bonds. The van der Waals surface area contributed by atoms with E-state index in [4.69, 9.17) is 0 Å². The SMILES string of the molecule is CC(C)(C)C1CCC(C(C)(C)C)NC1. The first-order valence-electron chi connectivity index (χ1n) is 5.94. The maximum absolute atomic E-state index is 3.72. The van der Waals surface area contributed by atoms with Gasteiger partial charge in [0.15, 0.2) is 0 Å². The van der Waals surface area contributed by atoms with E-state index in [9.17, 15) is 0 Å². The minimum absolute atomic E-state index is 0.419. The Bertz CT molecular complexity index is 152. The molecular formula is C13H27N. The first kappa shape index (κ1) is 12.0. The van der Waals surface area contributed by atoms with Crippen LogP contribution in [0.25, 0.3) is 0 Å². The minimum Gasteiger partial charge on any atom is -0.313 e. The molecule has 0 aliphatic carbocycles. The normalized spacial score (nSPS) is 30.4. The monoisotopic (exact) mass is 197 g/mol. The van der Waals surface area contributed by atoms with E-state index in [0.29, 0.717) is 16.9 Å². The van der Waals surface area contributed by atoms with Gasteiger partial charge in [0.05, 0.1) is 0 Å². The van der Waals surface area contributed by atoms with Crippen LogP contribution in [0.3, 0.4) is 0 Å². The molecule has 0 bridgehead atoms. The van der Waals surface area contributed by atoms with Crippen LogP contribution < -0.4 is 5.32 Å². The third kappa shape index (κ3) is 2.98. The summed E-state index contributed by atoms with van der Waals surface area (Å²) in [6, 6.07) is 0.709. The van der Waals surface area contributed by atoms with E-state index in [1.807, 2.05) is 0 Å². The number of piperidine rings is 1. The summed E-state index contributed by atoms with van der Waals surface area (Å²) in [6.45, 7) is 15.3. The van der Waals surface area contributed by atoms with Gasteiger partial charge in [-0.15, -0.1) is 0 Å². The summed E-state index contributed by atoms with van der Waals surface area (Å²) in [5.74, 6) is 0.848. The Balaban J connectivity index is 2.47. The van der Waals surface area contributed by atoms with Crippen LogP contribution in [-0.4, -0.2) is 12.6 Å². The second kappa shape index (κ2) is 3.84. The molecule has 1 fully saturated rings. The Labute approximate surface area is 89.7 Å². The molecule has 0 aromatic carbocycles. The maximum atomic E-state index is 3.72. The zero-order valence-corrected chi connectivity index (χ0v) is 10.8. The van der Waals surface area contributed by atoms with Crippen LogP contribution in [-0.2, 0) is 0 Å². The summed E-state index contributed by atoms with van der Waals surface area (Å²) in [6.07, 6.45) is 2.73. The molecule has 1 N–H and O–H groups in total. The molecule has 1 aliphatic rings. The van der Waals surface area contributed by atoms with Crippen LogP contribution >= 0.6 is 0 Å². The van der Waals surface area contributed by atoms with Gasteiger partial charge in [0.25, 0.3) is 0 Å². The lowest BCUT2D eigenvalue weighted by Gasteiger charge is -2.42. The lowest BCUT2D eigenvalue weighted by atomic mass is 9.72. The largest absolute Gasteiger partial charge is 0.313 e. The summed E-state index contributed by atoms with van der Waals surface area (Å²) < 4.78 is 0. The van der Waals surface area contributed by atoms with E-state index in [1.165, 1.54) is 19.4 Å². The van der Waals surface area contributed by atoms with Gasteiger partial charge in [0, 0.05) is 6.04 Å². The van der Waals surface area contributed by atoms with Gasteiger partial charge in [0.1, 0.15) is 0 Å². The highest BCUT2D eigenvalue weighted by Gasteiger charge is 2.33. The van der Waals surface area contributed by atoms with Gasteiger partial charge in [-0.25, -0.2) is 0 Å². The van der Waals surface area contributed by atoms with E-state index in [-0.39, 0.29) is 0 Å². The molecule has 0 saturated carbocycles. The summed E-state index contributed by atoms with van der Waals surface area (Å²) in [5.41, 5.74) is 0.888. The van der Waals surface area contributed by atoms with E-state index < -0.39 is 0 Å². The van der Waals surface area contributed by atoms with Gasteiger partial charge >= 0.3 is 0 Å². The molecule has 1 heterocycles. The van der Waals surface area contributed by atoms with Crippen LogP contribution in [0.4, 0.5) is 0 Å². The van der Waals surface area contributed by atoms with Crippen molar-refractivity contribution in [1.29, 1.82) is 0 Å². The van der Waals surface area contributed by atoms with Crippen LogP contribution in [0.15, 0.2) is 0 Å². The number of hydrogen-bond acceptors (Lipinski definition) is 1. The van der Waals surface area contributed by atoms with E-state index in [2.05, 4.69) is 46.9 Å². The molecule has 2 atom stereocenters. The summed E-state index contributed by atoms with van der Waals surface area (Å²) in [7, 11) is 0. The molecule has 1 heteroatoms. The number of rotatable bonds is 0. The lowest BCUT2D eigenvalue weighted by Crippen LogP contribution is -2.48. The maximum Gasteiger partial charge on any atom is 0.0116 e. The van der Waals surface area contributed by atoms with Crippen molar-refractivity contribution in [2.75, 3.05) is 6.54 Å². The molecule has 14 heavy (non-hydrogen) atoms. The summed E-state index contributed by atoms with van der Waals surface area (Å²) in [5, 5.41) is 3.72. The van der Waals surface area contributed by atoms with E-state index >= 15 is 0 Å². The van der Waals surface area contributed by atoms with Crippen molar-refractivity contribution in [3.8, 4) is 0 Å². The van der Waals surface area contributed by atoms with Crippen LogP contribution in [0.5, 0.6) is 0 Å². The van der Waals surface area contributed by atoms with Crippen molar-refractivity contribution in [2.45, 2.75) is 60.4 Å². The van der Waals surface area contributed by atoms with Gasteiger partial charge in [-0.3, -0.25) is 0 Å². The Morgan fingerprint density at radius 3 is 1.71 bits per heavy atom. The molecule has 1 rings (SSSR count). The highest BCUT2D eigenvalue weighted by atomic mass is 14.9. The topological polar surface area (TPSA) is 12.0 Å². The molecule has 0 radical (unpaired) electrons. The van der Waals surface area contributed by atoms with Crippen LogP contribution in [0.2, 0.25) is 0 Å². The number of nitrogens with one attached hydrogen (secondary N) is 1. The zero-order chi connectivity index (χ0) is 11.0. The van der Waals surface area contributed by atoms with Gasteiger partial charge < -0.3 is 5.32 Å². The molecule has 1 saturated heterocycles. The van der Waals surface area contributed by atoms with Gasteiger partial charge in [-0.05, 0) is 36.1 Å². The fourth-order valence-corrected chi connectivity index (χ4v) is 2.33. The van der Waals surface area contributed by atoms with Crippen molar-refractivity contribution in [2.24, 2.45) is 16.7 Å². The molecule has 2 unspecified atom stereocenters. The fraction of sp³-hybridized carbons (Fsp3) is 1.00. The smallest absolute Gasteiger partial charge is 0.0116 e. The lowest BCUT2D eigenvalue weighted by molar-refractivity contribution is 0.128. The third-order valence-electron chi connectivity index (χ3n) is 3.68. The zero-order valence-electron chi connectivity index (χ0n) is 10.8.